The summed E-state index contributed by atoms with van der Waals surface area (Å²) in [5.41, 5.74) is 0.967. The molecule has 1 aliphatic rings. The molecular weight excluding hydrogens is 340 g/mol. The van der Waals surface area contributed by atoms with Crippen molar-refractivity contribution in [1.29, 1.82) is 0 Å². The summed E-state index contributed by atoms with van der Waals surface area (Å²) >= 11 is 3.37. The Hall–Kier alpha value is -0.430. The monoisotopic (exact) mass is 360 g/mol. The van der Waals surface area contributed by atoms with Crippen molar-refractivity contribution >= 4 is 26.0 Å². The van der Waals surface area contributed by atoms with Crippen LogP contribution in [-0.2, 0) is 16.6 Å². The van der Waals surface area contributed by atoms with E-state index in [2.05, 4.69) is 35.1 Å². The van der Waals surface area contributed by atoms with Gasteiger partial charge in [0.25, 0.3) is 0 Å². The zero-order chi connectivity index (χ0) is 14.9. The van der Waals surface area contributed by atoms with Crippen LogP contribution in [0.1, 0.15) is 19.4 Å². The van der Waals surface area contributed by atoms with Crippen molar-refractivity contribution < 1.29 is 8.42 Å². The molecule has 0 bridgehead atoms. The zero-order valence-electron chi connectivity index (χ0n) is 12.1. The molecule has 0 aromatic heterocycles. The SMILES string of the molecule is CNCc1ccc(Br)c(S(=O)(=O)N2CC(C)C(C)C2)c1. The van der Waals surface area contributed by atoms with Crippen LogP contribution in [0.2, 0.25) is 0 Å². The van der Waals surface area contributed by atoms with Crippen LogP contribution < -0.4 is 5.32 Å². The molecule has 1 saturated heterocycles. The van der Waals surface area contributed by atoms with E-state index in [0.29, 0.717) is 40.8 Å². The summed E-state index contributed by atoms with van der Waals surface area (Å²) in [5, 5.41) is 3.04. The number of sulfonamides is 1. The molecule has 112 valence electrons. The van der Waals surface area contributed by atoms with Crippen LogP contribution in [-0.4, -0.2) is 32.9 Å². The van der Waals surface area contributed by atoms with Gasteiger partial charge in [0.05, 0.1) is 4.90 Å². The summed E-state index contributed by atoms with van der Waals surface area (Å²) in [6.45, 7) is 6.07. The summed E-state index contributed by atoms with van der Waals surface area (Å²) in [7, 11) is -1.57. The van der Waals surface area contributed by atoms with E-state index >= 15 is 0 Å². The molecule has 2 rings (SSSR count). The molecule has 0 amide bonds. The lowest BCUT2D eigenvalue weighted by Gasteiger charge is -2.18. The van der Waals surface area contributed by atoms with Crippen LogP contribution >= 0.6 is 15.9 Å². The predicted octanol–water partition coefficient (Wildman–Crippen LogP) is 2.45. The molecular formula is C14H21BrN2O2S. The highest BCUT2D eigenvalue weighted by Gasteiger charge is 2.35. The maximum Gasteiger partial charge on any atom is 0.244 e. The van der Waals surface area contributed by atoms with Crippen molar-refractivity contribution in [3.8, 4) is 0 Å². The lowest BCUT2D eigenvalue weighted by atomic mass is 10.0. The Bertz CT molecular complexity index is 579. The van der Waals surface area contributed by atoms with Gasteiger partial charge in [-0.2, -0.15) is 4.31 Å². The van der Waals surface area contributed by atoms with E-state index in [1.807, 2.05) is 19.2 Å². The van der Waals surface area contributed by atoms with Gasteiger partial charge in [0.1, 0.15) is 0 Å². The molecule has 1 fully saturated rings. The second-order valence-corrected chi connectivity index (χ2v) is 8.33. The number of nitrogens with one attached hydrogen (secondary N) is 1. The minimum atomic E-state index is -3.42. The van der Waals surface area contributed by atoms with Crippen LogP contribution in [0.5, 0.6) is 0 Å². The van der Waals surface area contributed by atoms with Crippen molar-refractivity contribution in [2.45, 2.75) is 25.3 Å². The number of benzene rings is 1. The van der Waals surface area contributed by atoms with Gasteiger partial charge in [-0.05, 0) is 52.5 Å². The quantitative estimate of drug-likeness (QED) is 0.896. The lowest BCUT2D eigenvalue weighted by molar-refractivity contribution is 0.463. The first kappa shape index (κ1) is 15.9. The van der Waals surface area contributed by atoms with Crippen molar-refractivity contribution in [1.82, 2.24) is 9.62 Å². The van der Waals surface area contributed by atoms with Crippen LogP contribution in [0.4, 0.5) is 0 Å². The normalized spacial score (nSPS) is 24.2. The molecule has 1 N–H and O–H groups in total. The third kappa shape index (κ3) is 3.08. The van der Waals surface area contributed by atoms with Gasteiger partial charge in [0.15, 0.2) is 0 Å². The summed E-state index contributed by atoms with van der Waals surface area (Å²) in [6, 6.07) is 5.49. The topological polar surface area (TPSA) is 49.4 Å². The number of halogens is 1. The molecule has 1 aromatic rings. The van der Waals surface area contributed by atoms with Gasteiger partial charge in [0.2, 0.25) is 10.0 Å². The highest BCUT2D eigenvalue weighted by Crippen LogP contribution is 2.31. The first-order valence-electron chi connectivity index (χ1n) is 6.79. The van der Waals surface area contributed by atoms with E-state index in [-0.39, 0.29) is 0 Å². The van der Waals surface area contributed by atoms with Crippen molar-refractivity contribution in [3.05, 3.63) is 28.2 Å². The van der Waals surface area contributed by atoms with Gasteiger partial charge in [-0.1, -0.05) is 19.9 Å². The van der Waals surface area contributed by atoms with E-state index in [4.69, 9.17) is 0 Å². The highest BCUT2D eigenvalue weighted by atomic mass is 79.9. The minimum Gasteiger partial charge on any atom is -0.316 e. The van der Waals surface area contributed by atoms with Crippen LogP contribution in [0.25, 0.3) is 0 Å². The largest absolute Gasteiger partial charge is 0.316 e. The fraction of sp³-hybridized carbons (Fsp3) is 0.571. The molecule has 0 radical (unpaired) electrons. The number of hydrogen-bond acceptors (Lipinski definition) is 3. The molecule has 20 heavy (non-hydrogen) atoms. The van der Waals surface area contributed by atoms with Gasteiger partial charge in [0, 0.05) is 24.1 Å². The van der Waals surface area contributed by atoms with Gasteiger partial charge < -0.3 is 5.32 Å². The molecule has 4 nitrogen and oxygen atoms in total. The first-order valence-corrected chi connectivity index (χ1v) is 9.02. The summed E-state index contributed by atoms with van der Waals surface area (Å²) in [4.78, 5) is 0.367. The second kappa shape index (κ2) is 6.13. The maximum atomic E-state index is 12.8. The molecule has 1 aliphatic heterocycles. The predicted molar refractivity (Wildman–Crippen MR) is 84.0 cm³/mol. The van der Waals surface area contributed by atoms with E-state index in [9.17, 15) is 8.42 Å². The Morgan fingerprint density at radius 2 is 1.90 bits per heavy atom. The second-order valence-electron chi connectivity index (χ2n) is 5.57. The van der Waals surface area contributed by atoms with Gasteiger partial charge in [-0.25, -0.2) is 8.42 Å². The summed E-state index contributed by atoms with van der Waals surface area (Å²) in [6.07, 6.45) is 0. The van der Waals surface area contributed by atoms with Crippen molar-refractivity contribution in [2.24, 2.45) is 11.8 Å². The number of hydrogen-bond donors (Lipinski definition) is 1. The Kier molecular flexibility index (Phi) is 4.89. The molecule has 2 atom stereocenters. The smallest absolute Gasteiger partial charge is 0.244 e. The van der Waals surface area contributed by atoms with Gasteiger partial charge >= 0.3 is 0 Å². The standard InChI is InChI=1S/C14H21BrN2O2S/c1-10-8-17(9-11(10)2)20(18,19)14-6-12(7-16-3)4-5-13(14)15/h4-6,10-11,16H,7-9H2,1-3H3. The number of nitrogens with zero attached hydrogens (tertiary/aromatic N) is 1. The lowest BCUT2D eigenvalue weighted by Crippen LogP contribution is -2.29. The van der Waals surface area contributed by atoms with E-state index in [1.54, 1.807) is 10.4 Å². The molecule has 2 unspecified atom stereocenters. The van der Waals surface area contributed by atoms with E-state index < -0.39 is 10.0 Å². The first-order chi connectivity index (χ1) is 9.36. The third-order valence-corrected chi connectivity index (χ3v) is 6.77. The zero-order valence-corrected chi connectivity index (χ0v) is 14.5. The van der Waals surface area contributed by atoms with Gasteiger partial charge in [-0.15, -0.1) is 0 Å². The minimum absolute atomic E-state index is 0.367. The fourth-order valence-electron chi connectivity index (χ4n) is 2.47. The average molecular weight is 361 g/mol. The highest BCUT2D eigenvalue weighted by molar-refractivity contribution is 9.10. The average Bonchev–Trinajstić information content (AvgIpc) is 2.73. The van der Waals surface area contributed by atoms with Crippen molar-refractivity contribution in [2.75, 3.05) is 20.1 Å². The summed E-state index contributed by atoms with van der Waals surface area (Å²) in [5.74, 6) is 0.813. The molecule has 6 heteroatoms. The Morgan fingerprint density at radius 3 is 2.45 bits per heavy atom. The Morgan fingerprint density at radius 1 is 1.30 bits per heavy atom. The van der Waals surface area contributed by atoms with E-state index in [0.717, 1.165) is 5.56 Å². The molecule has 0 aliphatic carbocycles. The molecule has 1 aromatic carbocycles. The van der Waals surface area contributed by atoms with Crippen LogP contribution in [0.15, 0.2) is 27.6 Å². The maximum absolute atomic E-state index is 12.8. The van der Waals surface area contributed by atoms with Crippen LogP contribution in [0.3, 0.4) is 0 Å². The third-order valence-electron chi connectivity index (χ3n) is 3.95. The Labute approximate surface area is 129 Å². The summed E-state index contributed by atoms with van der Waals surface area (Å²) < 4.78 is 27.8. The Balaban J connectivity index is 2.36. The van der Waals surface area contributed by atoms with E-state index in [1.165, 1.54) is 0 Å². The fourth-order valence-corrected chi connectivity index (χ4v) is 5.09. The molecule has 1 heterocycles. The number of rotatable bonds is 4. The molecule has 0 spiro atoms. The van der Waals surface area contributed by atoms with Gasteiger partial charge in [-0.3, -0.25) is 0 Å². The van der Waals surface area contributed by atoms with Crippen LogP contribution in [0, 0.1) is 11.8 Å². The van der Waals surface area contributed by atoms with Crippen molar-refractivity contribution in [3.63, 3.8) is 0 Å². The molecule has 0 saturated carbocycles.